The maximum Gasteiger partial charge on any atom is 0.0638 e. The topological polar surface area (TPSA) is 101 Å². The van der Waals surface area contributed by atoms with Crippen molar-refractivity contribution in [3.8, 4) is 0 Å². The van der Waals surface area contributed by atoms with Crippen LogP contribution < -0.4 is 0 Å². The Morgan fingerprint density at radius 3 is 1.63 bits per heavy atom. The minimum Gasteiger partial charge on any atom is -0.396 e. The monoisotopic (exact) mass is 278 g/mol. The van der Waals surface area contributed by atoms with Crippen LogP contribution in [0.15, 0.2) is 0 Å². The zero-order chi connectivity index (χ0) is 15.3. The quantitative estimate of drug-likeness (QED) is 0.413. The van der Waals surface area contributed by atoms with Crippen LogP contribution in [0.5, 0.6) is 0 Å². The zero-order valence-electron chi connectivity index (χ0n) is 12.5. The van der Waals surface area contributed by atoms with Gasteiger partial charge in [-0.2, -0.15) is 0 Å². The van der Waals surface area contributed by atoms with Crippen LogP contribution in [-0.2, 0) is 0 Å². The molecular weight excluding hydrogens is 248 g/mol. The third-order valence-corrected chi connectivity index (χ3v) is 4.21. The molecule has 0 aliphatic carbocycles. The van der Waals surface area contributed by atoms with Crippen molar-refractivity contribution >= 4 is 0 Å². The van der Waals surface area contributed by atoms with Crippen molar-refractivity contribution in [1.29, 1.82) is 0 Å². The Labute approximate surface area is 115 Å². The number of aliphatic hydroxyl groups excluding tert-OH is 5. The minimum absolute atomic E-state index is 0.0305. The van der Waals surface area contributed by atoms with Gasteiger partial charge in [-0.05, 0) is 18.8 Å². The first kappa shape index (κ1) is 18.8. The minimum atomic E-state index is -0.972. The highest BCUT2D eigenvalue weighted by Crippen LogP contribution is 2.34. The maximum atomic E-state index is 10.2. The molecule has 0 aromatic rings. The van der Waals surface area contributed by atoms with Crippen LogP contribution in [-0.4, -0.2) is 57.6 Å². The summed E-state index contributed by atoms with van der Waals surface area (Å²) in [4.78, 5) is 0. The van der Waals surface area contributed by atoms with Gasteiger partial charge in [0.1, 0.15) is 0 Å². The van der Waals surface area contributed by atoms with E-state index < -0.39 is 23.0 Å². The highest BCUT2D eigenvalue weighted by Gasteiger charge is 2.38. The Kier molecular flexibility index (Phi) is 7.47. The molecule has 0 saturated carbocycles. The molecule has 0 aliphatic heterocycles. The van der Waals surface area contributed by atoms with Gasteiger partial charge in [0.05, 0.1) is 32.0 Å². The second-order valence-corrected chi connectivity index (χ2v) is 6.54. The van der Waals surface area contributed by atoms with Crippen molar-refractivity contribution in [1.82, 2.24) is 0 Å². The molecular formula is C14H30O5. The molecule has 0 aromatic carbocycles. The van der Waals surface area contributed by atoms with Crippen LogP contribution in [0.4, 0.5) is 0 Å². The van der Waals surface area contributed by atoms with E-state index in [2.05, 4.69) is 0 Å². The predicted molar refractivity (Wildman–Crippen MR) is 73.6 cm³/mol. The summed E-state index contributed by atoms with van der Waals surface area (Å²) in [7, 11) is 0. The Morgan fingerprint density at radius 2 is 1.32 bits per heavy atom. The molecule has 0 rings (SSSR count). The van der Waals surface area contributed by atoms with Crippen LogP contribution in [0.25, 0.3) is 0 Å². The summed E-state index contributed by atoms with van der Waals surface area (Å²) in [5.41, 5.74) is -1.65. The number of aliphatic hydroxyl groups is 5. The number of rotatable bonds is 9. The first-order valence-corrected chi connectivity index (χ1v) is 6.85. The Morgan fingerprint density at radius 1 is 0.895 bits per heavy atom. The first-order chi connectivity index (χ1) is 8.66. The van der Waals surface area contributed by atoms with Crippen molar-refractivity contribution < 1.29 is 25.5 Å². The summed E-state index contributed by atoms with van der Waals surface area (Å²) >= 11 is 0. The van der Waals surface area contributed by atoms with Gasteiger partial charge < -0.3 is 25.5 Å². The third-order valence-electron chi connectivity index (χ3n) is 4.21. The SMILES string of the molecule is CC(C)C(O)C(C)(C)C(O)CCC(CO)(CO)CO. The number of hydrogen-bond acceptors (Lipinski definition) is 5. The lowest BCUT2D eigenvalue weighted by molar-refractivity contribution is -0.0811. The van der Waals surface area contributed by atoms with E-state index in [-0.39, 0.29) is 25.7 Å². The van der Waals surface area contributed by atoms with Crippen LogP contribution in [0, 0.1) is 16.7 Å². The van der Waals surface area contributed by atoms with E-state index in [9.17, 15) is 25.5 Å². The standard InChI is InChI=1S/C14H30O5/c1-10(2)12(19)13(3,4)11(18)5-6-14(7-15,8-16)9-17/h10-12,15-19H,5-9H2,1-4H3. The van der Waals surface area contributed by atoms with E-state index in [1.165, 1.54) is 0 Å². The molecule has 2 atom stereocenters. The van der Waals surface area contributed by atoms with E-state index in [4.69, 9.17) is 0 Å². The van der Waals surface area contributed by atoms with Crippen LogP contribution in [0.1, 0.15) is 40.5 Å². The highest BCUT2D eigenvalue weighted by atomic mass is 16.3. The molecule has 2 unspecified atom stereocenters. The zero-order valence-corrected chi connectivity index (χ0v) is 12.5. The molecule has 5 heteroatoms. The van der Waals surface area contributed by atoms with Gasteiger partial charge in [-0.1, -0.05) is 27.7 Å². The summed E-state index contributed by atoms with van der Waals surface area (Å²) < 4.78 is 0. The summed E-state index contributed by atoms with van der Waals surface area (Å²) in [6, 6.07) is 0. The molecule has 0 aromatic heterocycles. The molecule has 5 N–H and O–H groups in total. The van der Waals surface area contributed by atoms with Gasteiger partial charge in [-0.3, -0.25) is 0 Å². The first-order valence-electron chi connectivity index (χ1n) is 6.85. The van der Waals surface area contributed by atoms with E-state index in [0.717, 1.165) is 0 Å². The molecule has 0 fully saturated rings. The number of hydrogen-bond donors (Lipinski definition) is 5. The lowest BCUT2D eigenvalue weighted by Crippen LogP contribution is -2.44. The molecule has 19 heavy (non-hydrogen) atoms. The predicted octanol–water partition coefficient (Wildman–Crippen LogP) is 0.134. The van der Waals surface area contributed by atoms with Gasteiger partial charge in [0.25, 0.3) is 0 Å². The van der Waals surface area contributed by atoms with Gasteiger partial charge in [-0.25, -0.2) is 0 Å². The molecule has 0 saturated heterocycles. The summed E-state index contributed by atoms with van der Waals surface area (Å²) in [6.07, 6.45) is -0.812. The van der Waals surface area contributed by atoms with Gasteiger partial charge in [0, 0.05) is 10.8 Å². The maximum absolute atomic E-state index is 10.2. The van der Waals surface area contributed by atoms with Crippen LogP contribution in [0.2, 0.25) is 0 Å². The van der Waals surface area contributed by atoms with Crippen molar-refractivity contribution in [3.63, 3.8) is 0 Å². The van der Waals surface area contributed by atoms with Crippen molar-refractivity contribution in [2.45, 2.75) is 52.7 Å². The Hall–Kier alpha value is -0.200. The average molecular weight is 278 g/mol. The average Bonchev–Trinajstić information content (AvgIpc) is 2.39. The fourth-order valence-electron chi connectivity index (χ4n) is 2.26. The van der Waals surface area contributed by atoms with Gasteiger partial charge in [0.15, 0.2) is 0 Å². The molecule has 0 spiro atoms. The van der Waals surface area contributed by atoms with E-state index in [0.29, 0.717) is 12.8 Å². The van der Waals surface area contributed by atoms with Crippen molar-refractivity contribution in [3.05, 3.63) is 0 Å². The normalized spacial score (nSPS) is 16.7. The fourth-order valence-corrected chi connectivity index (χ4v) is 2.26. The molecule has 0 aliphatic rings. The van der Waals surface area contributed by atoms with E-state index >= 15 is 0 Å². The van der Waals surface area contributed by atoms with Gasteiger partial charge >= 0.3 is 0 Å². The van der Waals surface area contributed by atoms with E-state index in [1.54, 1.807) is 13.8 Å². The van der Waals surface area contributed by atoms with E-state index in [1.807, 2.05) is 13.8 Å². The third kappa shape index (κ3) is 4.68. The highest BCUT2D eigenvalue weighted by molar-refractivity contribution is 4.88. The summed E-state index contributed by atoms with van der Waals surface area (Å²) in [6.45, 7) is 6.36. The second-order valence-electron chi connectivity index (χ2n) is 6.54. The molecule has 0 amide bonds. The summed E-state index contributed by atoms with van der Waals surface area (Å²) in [5.74, 6) is 0.0305. The van der Waals surface area contributed by atoms with Crippen LogP contribution >= 0.6 is 0 Å². The van der Waals surface area contributed by atoms with Gasteiger partial charge in [-0.15, -0.1) is 0 Å². The Balaban J connectivity index is 4.64. The molecule has 0 radical (unpaired) electrons. The Bertz CT molecular complexity index is 240. The molecule has 0 heterocycles. The molecule has 5 nitrogen and oxygen atoms in total. The summed E-state index contributed by atoms with van der Waals surface area (Å²) in [5, 5.41) is 48.1. The molecule has 0 bridgehead atoms. The lowest BCUT2D eigenvalue weighted by Gasteiger charge is -2.39. The smallest absolute Gasteiger partial charge is 0.0638 e. The largest absolute Gasteiger partial charge is 0.396 e. The molecule has 116 valence electrons. The van der Waals surface area contributed by atoms with Crippen LogP contribution in [0.3, 0.4) is 0 Å². The van der Waals surface area contributed by atoms with Crippen molar-refractivity contribution in [2.24, 2.45) is 16.7 Å². The van der Waals surface area contributed by atoms with Gasteiger partial charge in [0.2, 0.25) is 0 Å². The fraction of sp³-hybridized carbons (Fsp3) is 1.00. The lowest BCUT2D eigenvalue weighted by atomic mass is 9.73. The van der Waals surface area contributed by atoms with Crippen molar-refractivity contribution in [2.75, 3.05) is 19.8 Å². The second kappa shape index (κ2) is 7.55.